The Labute approximate surface area is 199 Å². The zero-order valence-electron chi connectivity index (χ0n) is 18.3. The van der Waals surface area contributed by atoms with Crippen LogP contribution in [0.15, 0.2) is 87.2 Å². The van der Waals surface area contributed by atoms with Crippen LogP contribution in [0.1, 0.15) is 5.56 Å². The third kappa shape index (κ3) is 5.01. The summed E-state index contributed by atoms with van der Waals surface area (Å²) in [5.74, 6) is 0.420. The van der Waals surface area contributed by atoms with Crippen LogP contribution in [-0.4, -0.2) is 32.1 Å². The van der Waals surface area contributed by atoms with Crippen molar-refractivity contribution < 1.29 is 31.9 Å². The van der Waals surface area contributed by atoms with Gasteiger partial charge in [0.2, 0.25) is 5.09 Å². The summed E-state index contributed by atoms with van der Waals surface area (Å²) in [5.41, 5.74) is 1.38. The second-order valence-corrected chi connectivity index (χ2v) is 10.2. The summed E-state index contributed by atoms with van der Waals surface area (Å²) in [6.07, 6.45) is 0. The summed E-state index contributed by atoms with van der Waals surface area (Å²) in [5, 5.41) is 0.372. The third-order valence-electron chi connectivity index (χ3n) is 4.93. The number of hydrogen-bond acceptors (Lipinski definition) is 7. The van der Waals surface area contributed by atoms with Crippen LogP contribution in [0.2, 0.25) is 0 Å². The average molecular weight is 502 g/mol. The van der Waals surface area contributed by atoms with E-state index in [4.69, 9.17) is 9.15 Å². The first-order valence-corrected chi connectivity index (χ1v) is 12.8. The van der Waals surface area contributed by atoms with Crippen molar-refractivity contribution in [1.82, 2.24) is 0 Å². The van der Waals surface area contributed by atoms with Gasteiger partial charge in [-0.05, 0) is 29.4 Å². The number of furan rings is 1. The minimum absolute atomic E-state index is 0.0388. The number of nitrogens with one attached hydrogen (secondary N) is 1. The van der Waals surface area contributed by atoms with Crippen LogP contribution in [0.3, 0.4) is 0 Å². The van der Waals surface area contributed by atoms with Crippen LogP contribution in [0.25, 0.3) is 11.0 Å². The number of methoxy groups -OCH3 is 1. The molecule has 0 saturated heterocycles. The highest BCUT2D eigenvalue weighted by Crippen LogP contribution is 2.32. The molecule has 0 aliphatic heterocycles. The Kier molecular flexibility index (Phi) is 6.77. The van der Waals surface area contributed by atoms with Crippen LogP contribution >= 0.6 is 0 Å². The SMILES string of the molecule is COc1ccc([S+]([O-])Cc2cccc([N+](=O)OC)c2)c(NS(=O)(=O)c2cc3ccccc3o2)c1. The van der Waals surface area contributed by atoms with Gasteiger partial charge in [0.1, 0.15) is 22.8 Å². The van der Waals surface area contributed by atoms with Crippen LogP contribution < -0.4 is 9.46 Å². The summed E-state index contributed by atoms with van der Waals surface area (Å²) in [7, 11) is -1.43. The Morgan fingerprint density at radius 2 is 1.82 bits per heavy atom. The lowest BCUT2D eigenvalue weighted by Gasteiger charge is -2.16. The maximum atomic E-state index is 13.2. The maximum absolute atomic E-state index is 13.2. The van der Waals surface area contributed by atoms with Gasteiger partial charge in [-0.2, -0.15) is 8.42 Å². The fourth-order valence-corrected chi connectivity index (χ4v) is 5.61. The molecule has 4 rings (SSSR count). The Bertz CT molecular complexity index is 1420. The van der Waals surface area contributed by atoms with Crippen LogP contribution in [0.5, 0.6) is 5.75 Å². The lowest BCUT2D eigenvalue weighted by Crippen LogP contribution is -2.16. The van der Waals surface area contributed by atoms with E-state index in [2.05, 4.69) is 9.56 Å². The largest absolute Gasteiger partial charge is 0.611 e. The number of sulfonamides is 1. The maximum Gasteiger partial charge on any atom is 0.317 e. The molecule has 11 heteroatoms. The van der Waals surface area contributed by atoms with Crippen molar-refractivity contribution >= 4 is 43.5 Å². The fraction of sp³-hybridized carbons (Fsp3) is 0.130. The van der Waals surface area contributed by atoms with Crippen molar-refractivity contribution in [1.29, 1.82) is 0 Å². The van der Waals surface area contributed by atoms with Gasteiger partial charge in [-0.1, -0.05) is 30.3 Å². The Balaban J connectivity index is 1.65. The number of nitrogens with zero attached hydrogens (tertiary/aromatic N) is 1. The summed E-state index contributed by atoms with van der Waals surface area (Å²) < 4.78 is 52.5. The van der Waals surface area contributed by atoms with Crippen molar-refractivity contribution in [2.45, 2.75) is 15.7 Å². The smallest absolute Gasteiger partial charge is 0.317 e. The number of para-hydroxylation sites is 1. The predicted molar refractivity (Wildman–Crippen MR) is 127 cm³/mol. The van der Waals surface area contributed by atoms with Gasteiger partial charge in [0.05, 0.1) is 12.0 Å². The highest BCUT2D eigenvalue weighted by Gasteiger charge is 2.26. The van der Waals surface area contributed by atoms with Gasteiger partial charge in [0.25, 0.3) is 14.9 Å². The number of ether oxygens (including phenoxy) is 1. The summed E-state index contributed by atoms with van der Waals surface area (Å²) in [6.45, 7) is 0. The van der Waals surface area contributed by atoms with Crippen LogP contribution in [0.4, 0.5) is 11.4 Å². The molecule has 0 saturated carbocycles. The number of anilines is 1. The van der Waals surface area contributed by atoms with Gasteiger partial charge in [-0.15, -0.1) is 0 Å². The molecule has 1 aromatic heterocycles. The minimum Gasteiger partial charge on any atom is -0.611 e. The van der Waals surface area contributed by atoms with E-state index in [1.54, 1.807) is 54.6 Å². The van der Waals surface area contributed by atoms with E-state index in [0.717, 1.165) is 0 Å². The van der Waals surface area contributed by atoms with Crippen LogP contribution in [-0.2, 0) is 31.8 Å². The number of rotatable bonds is 9. The summed E-state index contributed by atoms with van der Waals surface area (Å²) in [6, 6.07) is 19.4. The van der Waals surface area contributed by atoms with E-state index in [-0.39, 0.29) is 27.1 Å². The predicted octanol–water partition coefficient (Wildman–Crippen LogP) is 4.52. The zero-order chi connectivity index (χ0) is 24.3. The molecule has 34 heavy (non-hydrogen) atoms. The average Bonchev–Trinajstić information content (AvgIpc) is 3.29. The molecule has 1 unspecified atom stereocenters. The van der Waals surface area contributed by atoms with Crippen molar-refractivity contribution in [2.75, 3.05) is 18.9 Å². The highest BCUT2D eigenvalue weighted by molar-refractivity contribution is 7.93. The van der Waals surface area contributed by atoms with E-state index in [0.29, 0.717) is 27.2 Å². The van der Waals surface area contributed by atoms with Gasteiger partial charge >= 0.3 is 5.69 Å². The molecule has 0 fully saturated rings. The van der Waals surface area contributed by atoms with Crippen molar-refractivity contribution in [2.24, 2.45) is 0 Å². The highest BCUT2D eigenvalue weighted by atomic mass is 32.2. The second kappa shape index (κ2) is 9.75. The minimum atomic E-state index is -4.12. The van der Waals surface area contributed by atoms with Gasteiger partial charge in [-0.25, -0.2) is 4.84 Å². The Hall–Kier alpha value is -3.54. The molecular weight excluding hydrogens is 480 g/mol. The lowest BCUT2D eigenvalue weighted by molar-refractivity contribution is -0.736. The molecule has 0 amide bonds. The van der Waals surface area contributed by atoms with Gasteiger partial charge in [0, 0.05) is 35.2 Å². The van der Waals surface area contributed by atoms with E-state index in [9.17, 15) is 17.9 Å². The van der Waals surface area contributed by atoms with E-state index >= 15 is 0 Å². The van der Waals surface area contributed by atoms with E-state index < -0.39 is 21.2 Å². The molecule has 0 radical (unpaired) electrons. The monoisotopic (exact) mass is 501 g/mol. The van der Waals surface area contributed by atoms with Gasteiger partial charge in [-0.3, -0.25) is 4.72 Å². The molecule has 0 aliphatic carbocycles. The summed E-state index contributed by atoms with van der Waals surface area (Å²) >= 11 is -1.66. The standard InChI is InChI=1S/C23H21N2O7S2/c1-30-19-10-11-22(33(27)15-16-6-5-8-18(12-16)25(26)31-2)20(14-19)24-34(28,29)23-13-17-7-3-4-9-21(17)32-23/h3-14,24H,15H2,1-2H3/q+1. The molecule has 1 atom stereocenters. The first-order valence-electron chi connectivity index (χ1n) is 9.99. The van der Waals surface area contributed by atoms with E-state index in [1.165, 1.54) is 32.4 Å². The van der Waals surface area contributed by atoms with Gasteiger partial charge < -0.3 is 13.7 Å². The molecule has 4 aromatic rings. The second-order valence-electron chi connectivity index (χ2n) is 7.17. The molecule has 0 spiro atoms. The van der Waals surface area contributed by atoms with Crippen LogP contribution in [0, 0.1) is 4.91 Å². The first kappa shape index (κ1) is 23.6. The van der Waals surface area contributed by atoms with Crippen molar-refractivity contribution in [3.05, 3.63) is 83.3 Å². The molecule has 0 bridgehead atoms. The first-order chi connectivity index (χ1) is 16.3. The molecule has 0 aliphatic rings. The summed E-state index contributed by atoms with van der Waals surface area (Å²) in [4.78, 5) is 17.0. The number of benzene rings is 3. The molecule has 3 aromatic carbocycles. The zero-order valence-corrected chi connectivity index (χ0v) is 19.9. The molecule has 9 nitrogen and oxygen atoms in total. The molecular formula is C23H21N2O7S2+. The van der Waals surface area contributed by atoms with E-state index in [1.807, 2.05) is 0 Å². The Morgan fingerprint density at radius 1 is 1.03 bits per heavy atom. The molecule has 1 N–H and O–H groups in total. The quantitative estimate of drug-likeness (QED) is 0.264. The Morgan fingerprint density at radius 3 is 2.56 bits per heavy atom. The number of fused-ring (bicyclic) bond motifs is 1. The molecule has 176 valence electrons. The van der Waals surface area contributed by atoms with Crippen molar-refractivity contribution in [3.63, 3.8) is 0 Å². The van der Waals surface area contributed by atoms with Crippen molar-refractivity contribution in [3.8, 4) is 5.75 Å². The fourth-order valence-electron chi connectivity index (χ4n) is 3.29. The molecule has 1 heterocycles. The third-order valence-corrected chi connectivity index (χ3v) is 7.59. The lowest BCUT2D eigenvalue weighted by atomic mass is 10.2. The topological polar surface area (TPSA) is 121 Å². The normalized spacial score (nSPS) is 12.3. The van der Waals surface area contributed by atoms with Gasteiger partial charge in [0.15, 0.2) is 12.0 Å². The number of hydrogen-bond donors (Lipinski definition) is 1.